The molecule has 0 N–H and O–H groups in total. The van der Waals surface area contributed by atoms with Gasteiger partial charge in [-0.2, -0.15) is 0 Å². The van der Waals surface area contributed by atoms with Gasteiger partial charge in [-0.05, 0) is 37.0 Å². The quantitative estimate of drug-likeness (QED) is 0.437. The van der Waals surface area contributed by atoms with Crippen LogP contribution in [0.4, 0.5) is 0 Å². The molecule has 1 heterocycles. The number of unbranched alkanes of at least 4 members (excludes halogenated alkanes) is 1. The number of hydrogen-bond donors (Lipinski definition) is 0. The van der Waals surface area contributed by atoms with Gasteiger partial charge in [0.25, 0.3) is 0 Å². The normalized spacial score (nSPS) is 21.2. The summed E-state index contributed by atoms with van der Waals surface area (Å²) in [6.45, 7) is 3.03. The van der Waals surface area contributed by atoms with Crippen LogP contribution in [-0.4, -0.2) is 24.8 Å². The molecule has 1 aliphatic heterocycles. The molecule has 1 aliphatic rings. The monoisotopic (exact) mass is 282 g/mol. The SMILES string of the molecule is CCCCOC(=O)C1(CCc2ccc(Cl)cc2)CO1. The number of carbonyl (C=O) groups excluding carboxylic acids is 1. The third-order valence-corrected chi connectivity index (χ3v) is 3.58. The average molecular weight is 283 g/mol. The third kappa shape index (κ3) is 3.95. The molecule has 19 heavy (non-hydrogen) atoms. The van der Waals surface area contributed by atoms with Crippen molar-refractivity contribution in [2.75, 3.05) is 13.2 Å². The van der Waals surface area contributed by atoms with E-state index in [2.05, 4.69) is 6.92 Å². The summed E-state index contributed by atoms with van der Waals surface area (Å²) in [4.78, 5) is 11.9. The number of epoxide rings is 1. The lowest BCUT2D eigenvalue weighted by atomic mass is 10.0. The van der Waals surface area contributed by atoms with E-state index in [1.165, 1.54) is 0 Å². The summed E-state index contributed by atoms with van der Waals surface area (Å²) < 4.78 is 10.6. The van der Waals surface area contributed by atoms with Crippen molar-refractivity contribution in [1.82, 2.24) is 0 Å². The zero-order valence-corrected chi connectivity index (χ0v) is 11.9. The van der Waals surface area contributed by atoms with Crippen LogP contribution in [0.2, 0.25) is 5.02 Å². The number of halogens is 1. The Bertz CT molecular complexity index is 424. The van der Waals surface area contributed by atoms with Crippen LogP contribution >= 0.6 is 11.6 Å². The van der Waals surface area contributed by atoms with Gasteiger partial charge in [-0.3, -0.25) is 0 Å². The lowest BCUT2D eigenvalue weighted by molar-refractivity contribution is -0.150. The molecule has 1 saturated heterocycles. The number of hydrogen-bond acceptors (Lipinski definition) is 3. The van der Waals surface area contributed by atoms with Crippen molar-refractivity contribution < 1.29 is 14.3 Å². The highest BCUT2D eigenvalue weighted by Gasteiger charge is 2.53. The number of ether oxygens (including phenoxy) is 2. The largest absolute Gasteiger partial charge is 0.463 e. The van der Waals surface area contributed by atoms with Gasteiger partial charge in [0.05, 0.1) is 13.2 Å². The fourth-order valence-corrected chi connectivity index (χ4v) is 2.02. The predicted molar refractivity (Wildman–Crippen MR) is 74.3 cm³/mol. The van der Waals surface area contributed by atoms with Crippen LogP contribution in [-0.2, 0) is 20.7 Å². The Balaban J connectivity index is 1.81. The standard InChI is InChI=1S/C15H19ClO3/c1-2-3-10-18-14(17)15(11-19-15)9-8-12-4-6-13(16)7-5-12/h4-7H,2-3,8-11H2,1H3. The van der Waals surface area contributed by atoms with Crippen molar-refractivity contribution in [2.24, 2.45) is 0 Å². The zero-order valence-electron chi connectivity index (χ0n) is 11.2. The molecule has 0 bridgehead atoms. The van der Waals surface area contributed by atoms with Gasteiger partial charge in [-0.25, -0.2) is 4.79 Å². The molecule has 0 aromatic heterocycles. The second kappa shape index (κ2) is 6.40. The number of benzene rings is 1. The van der Waals surface area contributed by atoms with Crippen molar-refractivity contribution in [3.63, 3.8) is 0 Å². The van der Waals surface area contributed by atoms with Crippen LogP contribution in [0.15, 0.2) is 24.3 Å². The second-order valence-corrected chi connectivity index (χ2v) is 5.34. The van der Waals surface area contributed by atoms with Crippen LogP contribution in [0.25, 0.3) is 0 Å². The lowest BCUT2D eigenvalue weighted by Crippen LogP contribution is -2.28. The maximum Gasteiger partial charge on any atom is 0.340 e. The zero-order chi connectivity index (χ0) is 13.7. The highest BCUT2D eigenvalue weighted by atomic mass is 35.5. The molecule has 2 rings (SSSR count). The minimum absolute atomic E-state index is 0.213. The molecule has 1 atom stereocenters. The minimum Gasteiger partial charge on any atom is -0.463 e. The summed E-state index contributed by atoms with van der Waals surface area (Å²) in [7, 11) is 0. The van der Waals surface area contributed by atoms with Crippen LogP contribution in [0.3, 0.4) is 0 Å². The first-order valence-electron chi connectivity index (χ1n) is 6.72. The van der Waals surface area contributed by atoms with E-state index in [0.29, 0.717) is 19.6 Å². The fourth-order valence-electron chi connectivity index (χ4n) is 1.89. The Morgan fingerprint density at radius 1 is 1.42 bits per heavy atom. The van der Waals surface area contributed by atoms with Crippen molar-refractivity contribution in [3.05, 3.63) is 34.9 Å². The average Bonchev–Trinajstić information content (AvgIpc) is 3.19. The molecule has 0 aliphatic carbocycles. The van der Waals surface area contributed by atoms with Gasteiger partial charge in [0.1, 0.15) is 0 Å². The molecule has 0 radical (unpaired) electrons. The number of aryl methyl sites for hydroxylation is 1. The van der Waals surface area contributed by atoms with Gasteiger partial charge in [-0.15, -0.1) is 0 Å². The van der Waals surface area contributed by atoms with Crippen molar-refractivity contribution >= 4 is 17.6 Å². The van der Waals surface area contributed by atoms with Gasteiger partial charge >= 0.3 is 5.97 Å². The second-order valence-electron chi connectivity index (χ2n) is 4.90. The summed E-state index contributed by atoms with van der Waals surface area (Å²) in [5, 5.41) is 0.722. The molecule has 1 aromatic rings. The third-order valence-electron chi connectivity index (χ3n) is 3.33. The van der Waals surface area contributed by atoms with E-state index in [1.807, 2.05) is 24.3 Å². The molecule has 0 amide bonds. The summed E-state index contributed by atoms with van der Waals surface area (Å²) in [5.41, 5.74) is 0.466. The van der Waals surface area contributed by atoms with Gasteiger partial charge in [-0.1, -0.05) is 37.1 Å². The first kappa shape index (κ1) is 14.4. The van der Waals surface area contributed by atoms with Gasteiger partial charge in [0.2, 0.25) is 0 Å². The van der Waals surface area contributed by atoms with Crippen molar-refractivity contribution in [2.45, 2.75) is 38.2 Å². The van der Waals surface area contributed by atoms with E-state index in [4.69, 9.17) is 21.1 Å². The summed E-state index contributed by atoms with van der Waals surface area (Å²) >= 11 is 5.84. The number of esters is 1. The summed E-state index contributed by atoms with van der Waals surface area (Å²) in [5.74, 6) is -0.213. The Labute approximate surface area is 118 Å². The molecule has 1 unspecified atom stereocenters. The fraction of sp³-hybridized carbons (Fsp3) is 0.533. The summed E-state index contributed by atoms with van der Waals surface area (Å²) in [6.07, 6.45) is 3.38. The highest BCUT2D eigenvalue weighted by Crippen LogP contribution is 2.34. The van der Waals surface area contributed by atoms with E-state index in [0.717, 1.165) is 29.8 Å². The Hall–Kier alpha value is -1.06. The van der Waals surface area contributed by atoms with Gasteiger partial charge in [0, 0.05) is 5.02 Å². The van der Waals surface area contributed by atoms with Crippen molar-refractivity contribution in [3.8, 4) is 0 Å². The molecule has 4 heteroatoms. The molecule has 0 spiro atoms. The minimum atomic E-state index is -0.687. The highest BCUT2D eigenvalue weighted by molar-refractivity contribution is 6.30. The first-order chi connectivity index (χ1) is 9.16. The van der Waals surface area contributed by atoms with E-state index in [-0.39, 0.29) is 5.97 Å². The molecule has 1 aromatic carbocycles. The van der Waals surface area contributed by atoms with E-state index >= 15 is 0 Å². The topological polar surface area (TPSA) is 38.8 Å². The molecular formula is C15H19ClO3. The van der Waals surface area contributed by atoms with Gasteiger partial charge < -0.3 is 9.47 Å². The van der Waals surface area contributed by atoms with E-state index < -0.39 is 5.60 Å². The lowest BCUT2D eigenvalue weighted by Gasteiger charge is -2.11. The Morgan fingerprint density at radius 2 is 2.11 bits per heavy atom. The van der Waals surface area contributed by atoms with E-state index in [1.54, 1.807) is 0 Å². The van der Waals surface area contributed by atoms with E-state index in [9.17, 15) is 4.79 Å². The number of carbonyl (C=O) groups is 1. The van der Waals surface area contributed by atoms with Crippen LogP contribution in [0, 0.1) is 0 Å². The Kier molecular flexibility index (Phi) is 4.83. The molecule has 1 fully saturated rings. The van der Waals surface area contributed by atoms with Gasteiger partial charge in [0.15, 0.2) is 5.60 Å². The summed E-state index contributed by atoms with van der Waals surface area (Å²) in [6, 6.07) is 7.66. The maximum absolute atomic E-state index is 11.9. The van der Waals surface area contributed by atoms with Crippen LogP contribution < -0.4 is 0 Å². The van der Waals surface area contributed by atoms with Crippen molar-refractivity contribution in [1.29, 1.82) is 0 Å². The Morgan fingerprint density at radius 3 is 2.68 bits per heavy atom. The number of rotatable bonds is 7. The first-order valence-corrected chi connectivity index (χ1v) is 7.10. The molecule has 104 valence electrons. The maximum atomic E-state index is 11.9. The molecule has 0 saturated carbocycles. The van der Waals surface area contributed by atoms with Crippen LogP contribution in [0.5, 0.6) is 0 Å². The molecule has 3 nitrogen and oxygen atoms in total. The smallest absolute Gasteiger partial charge is 0.340 e. The predicted octanol–water partition coefficient (Wildman–Crippen LogP) is 3.38. The van der Waals surface area contributed by atoms with Crippen LogP contribution in [0.1, 0.15) is 31.7 Å². The molecular weight excluding hydrogens is 264 g/mol.